The molecule has 0 atom stereocenters. The van der Waals surface area contributed by atoms with Gasteiger partial charge in [0, 0.05) is 35.3 Å². The number of ether oxygens (including phenoxy) is 1. The van der Waals surface area contributed by atoms with Gasteiger partial charge in [0.1, 0.15) is 0 Å². The molecule has 1 fully saturated rings. The van der Waals surface area contributed by atoms with E-state index in [1.54, 1.807) is 12.1 Å². The van der Waals surface area contributed by atoms with Gasteiger partial charge in [0.05, 0.1) is 11.0 Å². The highest BCUT2D eigenvalue weighted by atomic mass is 79.9. The lowest BCUT2D eigenvalue weighted by Crippen LogP contribution is -2.45. The number of nitro groups is 1. The topological polar surface area (TPSA) is 64.4 Å². The number of hydrogen-bond donors (Lipinski definition) is 1. The fraction of sp³-hybridized carbons (Fsp3) is 0.538. The lowest BCUT2D eigenvalue weighted by atomic mass is 9.89. The molecule has 0 aromatic heterocycles. The predicted molar refractivity (Wildman–Crippen MR) is 76.1 cm³/mol. The Morgan fingerprint density at radius 1 is 1.53 bits per heavy atom. The molecule has 0 radical (unpaired) electrons. The fourth-order valence-corrected chi connectivity index (χ4v) is 2.56. The standard InChI is InChI=1S/C13H17BrN2O3/c1-2-19-12-6-11(7-12)15-8-9-3-4-10(14)5-13(9)16(17)18/h3-5,11-12,15H,2,6-8H2,1H3. The van der Waals surface area contributed by atoms with E-state index in [4.69, 9.17) is 4.74 Å². The highest BCUT2D eigenvalue weighted by molar-refractivity contribution is 9.10. The molecular formula is C13H17BrN2O3. The molecule has 1 aliphatic rings. The van der Waals surface area contributed by atoms with Gasteiger partial charge in [-0.25, -0.2) is 0 Å². The second-order valence-electron chi connectivity index (χ2n) is 4.66. The van der Waals surface area contributed by atoms with E-state index in [1.807, 2.05) is 13.0 Å². The van der Waals surface area contributed by atoms with Crippen LogP contribution in [-0.2, 0) is 11.3 Å². The minimum Gasteiger partial charge on any atom is -0.378 e. The summed E-state index contributed by atoms with van der Waals surface area (Å²) in [4.78, 5) is 10.6. The van der Waals surface area contributed by atoms with E-state index in [-0.39, 0.29) is 10.6 Å². The summed E-state index contributed by atoms with van der Waals surface area (Å²) in [6.07, 6.45) is 2.32. The van der Waals surface area contributed by atoms with Crippen LogP contribution in [0.1, 0.15) is 25.3 Å². The lowest BCUT2D eigenvalue weighted by Gasteiger charge is -2.35. The fourth-order valence-electron chi connectivity index (χ4n) is 2.21. The van der Waals surface area contributed by atoms with Crippen molar-refractivity contribution in [2.45, 2.75) is 38.5 Å². The molecule has 1 aromatic carbocycles. The summed E-state index contributed by atoms with van der Waals surface area (Å²) in [6, 6.07) is 5.56. The van der Waals surface area contributed by atoms with Gasteiger partial charge in [0.2, 0.25) is 0 Å². The second-order valence-corrected chi connectivity index (χ2v) is 5.57. The Bertz CT molecular complexity index is 461. The molecule has 104 valence electrons. The summed E-state index contributed by atoms with van der Waals surface area (Å²) in [6.45, 7) is 3.26. The number of nitro benzene ring substituents is 1. The number of benzene rings is 1. The van der Waals surface area contributed by atoms with E-state index < -0.39 is 0 Å². The Balaban J connectivity index is 1.88. The highest BCUT2D eigenvalue weighted by Gasteiger charge is 2.29. The summed E-state index contributed by atoms with van der Waals surface area (Å²) in [5, 5.41) is 14.3. The first-order valence-corrected chi connectivity index (χ1v) is 7.17. The molecule has 19 heavy (non-hydrogen) atoms. The zero-order valence-electron chi connectivity index (χ0n) is 10.8. The van der Waals surface area contributed by atoms with Crippen molar-refractivity contribution >= 4 is 21.6 Å². The first-order chi connectivity index (χ1) is 9.10. The molecule has 0 spiro atoms. The smallest absolute Gasteiger partial charge is 0.275 e. The van der Waals surface area contributed by atoms with Gasteiger partial charge in [0.15, 0.2) is 0 Å². The average Bonchev–Trinajstić information content (AvgIpc) is 2.33. The molecule has 5 nitrogen and oxygen atoms in total. The quantitative estimate of drug-likeness (QED) is 0.644. The molecule has 2 rings (SSSR count). The van der Waals surface area contributed by atoms with E-state index in [9.17, 15) is 10.1 Å². The van der Waals surface area contributed by atoms with Crippen LogP contribution in [0.3, 0.4) is 0 Å². The summed E-state index contributed by atoms with van der Waals surface area (Å²) in [7, 11) is 0. The van der Waals surface area contributed by atoms with Gasteiger partial charge in [-0.2, -0.15) is 0 Å². The lowest BCUT2D eigenvalue weighted by molar-refractivity contribution is -0.385. The number of nitrogens with one attached hydrogen (secondary N) is 1. The van der Waals surface area contributed by atoms with E-state index in [1.165, 1.54) is 0 Å². The maximum absolute atomic E-state index is 11.0. The van der Waals surface area contributed by atoms with Gasteiger partial charge in [-0.3, -0.25) is 10.1 Å². The maximum Gasteiger partial charge on any atom is 0.275 e. The van der Waals surface area contributed by atoms with Crippen molar-refractivity contribution in [3.8, 4) is 0 Å². The van der Waals surface area contributed by atoms with Crippen molar-refractivity contribution in [1.29, 1.82) is 0 Å². The van der Waals surface area contributed by atoms with Crippen LogP contribution in [0.5, 0.6) is 0 Å². The van der Waals surface area contributed by atoms with Gasteiger partial charge in [0.25, 0.3) is 5.69 Å². The molecule has 0 bridgehead atoms. The number of rotatable bonds is 6. The average molecular weight is 329 g/mol. The predicted octanol–water partition coefficient (Wildman–Crippen LogP) is 3.01. The van der Waals surface area contributed by atoms with Gasteiger partial charge >= 0.3 is 0 Å². The number of hydrogen-bond acceptors (Lipinski definition) is 4. The van der Waals surface area contributed by atoms with Crippen LogP contribution in [0.4, 0.5) is 5.69 Å². The molecule has 6 heteroatoms. The van der Waals surface area contributed by atoms with Crippen molar-refractivity contribution in [3.05, 3.63) is 38.3 Å². The molecule has 0 aliphatic heterocycles. The first kappa shape index (κ1) is 14.4. The third kappa shape index (κ3) is 3.75. The molecule has 1 aromatic rings. The maximum atomic E-state index is 11.0. The van der Waals surface area contributed by atoms with E-state index in [2.05, 4.69) is 21.2 Å². The van der Waals surface area contributed by atoms with Crippen LogP contribution in [0.15, 0.2) is 22.7 Å². The van der Waals surface area contributed by atoms with Gasteiger partial charge in [-0.1, -0.05) is 15.9 Å². The molecule has 1 aliphatic carbocycles. The Morgan fingerprint density at radius 2 is 2.26 bits per heavy atom. The third-order valence-electron chi connectivity index (χ3n) is 3.32. The molecule has 0 amide bonds. The Labute approximate surface area is 120 Å². The molecular weight excluding hydrogens is 312 g/mol. The van der Waals surface area contributed by atoms with Crippen LogP contribution in [-0.4, -0.2) is 23.7 Å². The molecule has 0 unspecified atom stereocenters. The minimum absolute atomic E-state index is 0.155. The Kier molecular flexibility index (Phi) is 4.90. The van der Waals surface area contributed by atoms with Crippen LogP contribution in [0, 0.1) is 10.1 Å². The van der Waals surface area contributed by atoms with Gasteiger partial charge in [-0.05, 0) is 31.9 Å². The molecule has 0 heterocycles. The van der Waals surface area contributed by atoms with Gasteiger partial charge < -0.3 is 10.1 Å². The molecule has 1 saturated carbocycles. The zero-order valence-corrected chi connectivity index (χ0v) is 12.4. The van der Waals surface area contributed by atoms with Crippen molar-refractivity contribution in [1.82, 2.24) is 5.32 Å². The number of halogens is 1. The summed E-state index contributed by atoms with van der Waals surface area (Å²) < 4.78 is 6.21. The Hall–Kier alpha value is -0.980. The summed E-state index contributed by atoms with van der Waals surface area (Å²) in [5.74, 6) is 0. The first-order valence-electron chi connectivity index (χ1n) is 6.38. The monoisotopic (exact) mass is 328 g/mol. The molecule has 0 saturated heterocycles. The van der Waals surface area contributed by atoms with E-state index in [0.717, 1.165) is 23.9 Å². The van der Waals surface area contributed by atoms with Crippen molar-refractivity contribution in [3.63, 3.8) is 0 Å². The second kappa shape index (κ2) is 6.45. The van der Waals surface area contributed by atoms with Crippen LogP contribution in [0.2, 0.25) is 0 Å². The van der Waals surface area contributed by atoms with Crippen molar-refractivity contribution in [2.24, 2.45) is 0 Å². The van der Waals surface area contributed by atoms with E-state index >= 15 is 0 Å². The summed E-state index contributed by atoms with van der Waals surface area (Å²) in [5.41, 5.74) is 0.871. The van der Waals surface area contributed by atoms with Gasteiger partial charge in [-0.15, -0.1) is 0 Å². The zero-order chi connectivity index (χ0) is 13.8. The highest BCUT2D eigenvalue weighted by Crippen LogP contribution is 2.26. The third-order valence-corrected chi connectivity index (χ3v) is 3.82. The molecule has 1 N–H and O–H groups in total. The largest absolute Gasteiger partial charge is 0.378 e. The minimum atomic E-state index is -0.342. The Morgan fingerprint density at radius 3 is 2.89 bits per heavy atom. The van der Waals surface area contributed by atoms with Crippen LogP contribution in [0.25, 0.3) is 0 Å². The van der Waals surface area contributed by atoms with Crippen LogP contribution >= 0.6 is 15.9 Å². The SMILES string of the molecule is CCOC1CC(NCc2ccc(Br)cc2[N+](=O)[O-])C1. The normalized spacial score (nSPS) is 22.0. The van der Waals surface area contributed by atoms with E-state index in [0.29, 0.717) is 24.3 Å². The van der Waals surface area contributed by atoms with Crippen molar-refractivity contribution in [2.75, 3.05) is 6.61 Å². The number of nitrogens with zero attached hydrogens (tertiary/aromatic N) is 1. The summed E-state index contributed by atoms with van der Waals surface area (Å²) >= 11 is 3.25. The van der Waals surface area contributed by atoms with Crippen molar-refractivity contribution < 1.29 is 9.66 Å². The van der Waals surface area contributed by atoms with Crippen LogP contribution < -0.4 is 5.32 Å².